The van der Waals surface area contributed by atoms with Crippen LogP contribution in [-0.4, -0.2) is 15.9 Å². The van der Waals surface area contributed by atoms with E-state index in [1.807, 2.05) is 30.3 Å². The predicted molar refractivity (Wildman–Crippen MR) is 90.2 cm³/mol. The second kappa shape index (κ2) is 9.51. The maximum Gasteiger partial charge on any atom is 0.338 e. The van der Waals surface area contributed by atoms with E-state index in [4.69, 9.17) is 4.74 Å². The van der Waals surface area contributed by atoms with Crippen molar-refractivity contribution in [2.75, 3.05) is 0 Å². The molecule has 0 N–H and O–H groups in total. The van der Waals surface area contributed by atoms with Crippen molar-refractivity contribution in [3.8, 4) is 6.01 Å². The van der Waals surface area contributed by atoms with Gasteiger partial charge in [-0.25, -0.2) is 14.8 Å². The number of aryl methyl sites for hydroxylation is 1. The number of hydrogen-bond donors (Lipinski definition) is 0. The fourth-order valence-corrected chi connectivity index (χ4v) is 2.13. The van der Waals surface area contributed by atoms with Crippen LogP contribution in [0, 0.1) is 0 Å². The molecule has 120 valence electrons. The molecular formula is C19H22N2O2. The quantitative estimate of drug-likeness (QED) is 0.421. The zero-order valence-corrected chi connectivity index (χ0v) is 13.4. The van der Waals surface area contributed by atoms with Crippen molar-refractivity contribution in [3.05, 3.63) is 66.0 Å². The lowest BCUT2D eigenvalue weighted by Crippen LogP contribution is -2.07. The predicted octanol–water partition coefficient (Wildman–Crippen LogP) is 3.91. The maximum atomic E-state index is 11.7. The largest absolute Gasteiger partial charge is 0.388 e. The Kier molecular flexibility index (Phi) is 6.98. The zero-order chi connectivity index (χ0) is 16.3. The fourth-order valence-electron chi connectivity index (χ4n) is 2.13. The van der Waals surface area contributed by atoms with E-state index in [2.05, 4.69) is 16.9 Å². The minimum atomic E-state index is -0.459. The third-order valence-corrected chi connectivity index (χ3v) is 3.39. The summed E-state index contributed by atoms with van der Waals surface area (Å²) in [7, 11) is 0. The molecule has 0 bridgehead atoms. The minimum absolute atomic E-state index is 0.0959. The van der Waals surface area contributed by atoms with Crippen LogP contribution in [0.15, 0.2) is 54.9 Å². The van der Waals surface area contributed by atoms with Gasteiger partial charge in [-0.3, -0.25) is 0 Å². The summed E-state index contributed by atoms with van der Waals surface area (Å²) >= 11 is 0. The Labute approximate surface area is 137 Å². The summed E-state index contributed by atoms with van der Waals surface area (Å²) in [6, 6.07) is 10.0. The Bertz CT molecular complexity index is 622. The highest BCUT2D eigenvalue weighted by molar-refractivity contribution is 5.83. The van der Waals surface area contributed by atoms with Gasteiger partial charge in [0.05, 0.1) is 0 Å². The molecule has 0 aliphatic heterocycles. The summed E-state index contributed by atoms with van der Waals surface area (Å²) in [4.78, 5) is 19.9. The SMILES string of the molecule is CCCCCc1cnc(OC(=O)/C=C/Cc2ccccc2)nc1. The van der Waals surface area contributed by atoms with E-state index >= 15 is 0 Å². The summed E-state index contributed by atoms with van der Waals surface area (Å²) in [5, 5.41) is 0. The molecule has 4 nitrogen and oxygen atoms in total. The molecule has 0 atom stereocenters. The summed E-state index contributed by atoms with van der Waals surface area (Å²) < 4.78 is 5.08. The molecule has 0 amide bonds. The van der Waals surface area contributed by atoms with Gasteiger partial charge in [-0.15, -0.1) is 0 Å². The molecule has 2 rings (SSSR count). The van der Waals surface area contributed by atoms with Crippen LogP contribution in [-0.2, 0) is 17.6 Å². The van der Waals surface area contributed by atoms with Gasteiger partial charge in [0, 0.05) is 18.5 Å². The molecule has 4 heteroatoms. The van der Waals surface area contributed by atoms with Gasteiger partial charge in [-0.1, -0.05) is 56.2 Å². The number of rotatable bonds is 8. The Morgan fingerprint density at radius 3 is 2.52 bits per heavy atom. The topological polar surface area (TPSA) is 52.1 Å². The van der Waals surface area contributed by atoms with E-state index in [0.717, 1.165) is 24.0 Å². The van der Waals surface area contributed by atoms with Crippen molar-refractivity contribution in [2.24, 2.45) is 0 Å². The lowest BCUT2D eigenvalue weighted by molar-refractivity contribution is -0.129. The highest BCUT2D eigenvalue weighted by atomic mass is 16.5. The molecule has 0 fully saturated rings. The van der Waals surface area contributed by atoms with Gasteiger partial charge in [0.25, 0.3) is 0 Å². The molecule has 1 heterocycles. The van der Waals surface area contributed by atoms with E-state index in [1.54, 1.807) is 18.5 Å². The number of nitrogens with zero attached hydrogens (tertiary/aromatic N) is 2. The average molecular weight is 310 g/mol. The van der Waals surface area contributed by atoms with E-state index in [0.29, 0.717) is 6.42 Å². The normalized spacial score (nSPS) is 10.8. The molecule has 1 aromatic carbocycles. The molecule has 0 saturated heterocycles. The maximum absolute atomic E-state index is 11.7. The van der Waals surface area contributed by atoms with Gasteiger partial charge in [-0.05, 0) is 30.4 Å². The molecule has 0 spiro atoms. The molecule has 1 aromatic heterocycles. The molecule has 0 radical (unpaired) electrons. The Morgan fingerprint density at radius 2 is 1.83 bits per heavy atom. The second-order valence-electron chi connectivity index (χ2n) is 5.34. The van der Waals surface area contributed by atoms with E-state index in [-0.39, 0.29) is 6.01 Å². The van der Waals surface area contributed by atoms with Crippen molar-refractivity contribution in [1.29, 1.82) is 0 Å². The first-order chi connectivity index (χ1) is 11.3. The number of allylic oxidation sites excluding steroid dienone is 1. The average Bonchev–Trinajstić information content (AvgIpc) is 2.58. The second-order valence-corrected chi connectivity index (χ2v) is 5.34. The smallest absolute Gasteiger partial charge is 0.338 e. The first-order valence-corrected chi connectivity index (χ1v) is 8.01. The van der Waals surface area contributed by atoms with Crippen LogP contribution in [0.2, 0.25) is 0 Å². The van der Waals surface area contributed by atoms with Crippen LogP contribution >= 0.6 is 0 Å². The highest BCUT2D eigenvalue weighted by Crippen LogP contribution is 2.08. The molecule has 0 saturated carbocycles. The van der Waals surface area contributed by atoms with E-state index in [9.17, 15) is 4.79 Å². The summed E-state index contributed by atoms with van der Waals surface area (Å²) in [6.45, 7) is 2.17. The van der Waals surface area contributed by atoms with Crippen molar-refractivity contribution in [2.45, 2.75) is 39.0 Å². The number of carbonyl (C=O) groups is 1. The number of benzene rings is 1. The molecule has 2 aromatic rings. The van der Waals surface area contributed by atoms with Crippen molar-refractivity contribution < 1.29 is 9.53 Å². The van der Waals surface area contributed by atoms with Gasteiger partial charge in [0.15, 0.2) is 0 Å². The highest BCUT2D eigenvalue weighted by Gasteiger charge is 2.03. The summed E-state index contributed by atoms with van der Waals surface area (Å²) in [5.41, 5.74) is 2.21. The van der Waals surface area contributed by atoms with Gasteiger partial charge in [-0.2, -0.15) is 0 Å². The van der Waals surface area contributed by atoms with Crippen LogP contribution in [0.3, 0.4) is 0 Å². The number of aromatic nitrogens is 2. The summed E-state index contributed by atoms with van der Waals surface area (Å²) in [6.07, 6.45) is 11.8. The van der Waals surface area contributed by atoms with Gasteiger partial charge < -0.3 is 4.74 Å². The Balaban J connectivity index is 1.78. The van der Waals surface area contributed by atoms with Crippen molar-refractivity contribution in [3.63, 3.8) is 0 Å². The Hall–Kier alpha value is -2.49. The van der Waals surface area contributed by atoms with Gasteiger partial charge in [0.2, 0.25) is 0 Å². The molecular weight excluding hydrogens is 288 g/mol. The number of hydrogen-bond acceptors (Lipinski definition) is 4. The van der Waals surface area contributed by atoms with Gasteiger partial charge >= 0.3 is 12.0 Å². The first kappa shape index (κ1) is 16.9. The standard InChI is InChI=1S/C19H22N2O2/c1-2-3-5-11-17-14-20-19(21-15-17)23-18(22)13-8-12-16-9-6-4-7-10-16/h4,6-10,13-15H,2-3,5,11-12H2,1H3/b13-8+. The number of ether oxygens (including phenoxy) is 1. The molecule has 0 aliphatic carbocycles. The minimum Gasteiger partial charge on any atom is -0.388 e. The molecule has 0 unspecified atom stereocenters. The van der Waals surface area contributed by atoms with Crippen LogP contribution in [0.25, 0.3) is 0 Å². The van der Waals surface area contributed by atoms with Crippen LogP contribution in [0.1, 0.15) is 37.3 Å². The lowest BCUT2D eigenvalue weighted by Gasteiger charge is -2.02. The van der Waals surface area contributed by atoms with E-state index in [1.165, 1.54) is 18.9 Å². The number of unbranched alkanes of at least 4 members (excludes halogenated alkanes) is 2. The number of esters is 1. The third kappa shape index (κ3) is 6.43. The Morgan fingerprint density at radius 1 is 1.09 bits per heavy atom. The van der Waals surface area contributed by atoms with Gasteiger partial charge in [0.1, 0.15) is 0 Å². The fraction of sp³-hybridized carbons (Fsp3) is 0.316. The van der Waals surface area contributed by atoms with Crippen molar-refractivity contribution in [1.82, 2.24) is 9.97 Å². The zero-order valence-electron chi connectivity index (χ0n) is 13.4. The first-order valence-electron chi connectivity index (χ1n) is 8.01. The lowest BCUT2D eigenvalue weighted by atomic mass is 10.1. The summed E-state index contributed by atoms with van der Waals surface area (Å²) in [5.74, 6) is -0.459. The number of carbonyl (C=O) groups excluding carboxylic acids is 1. The molecule has 23 heavy (non-hydrogen) atoms. The van der Waals surface area contributed by atoms with Crippen LogP contribution < -0.4 is 4.74 Å². The monoisotopic (exact) mass is 310 g/mol. The van der Waals surface area contributed by atoms with Crippen LogP contribution in [0.5, 0.6) is 6.01 Å². The van der Waals surface area contributed by atoms with Crippen molar-refractivity contribution >= 4 is 5.97 Å². The molecule has 0 aliphatic rings. The van der Waals surface area contributed by atoms with Crippen LogP contribution in [0.4, 0.5) is 0 Å². The van der Waals surface area contributed by atoms with E-state index < -0.39 is 5.97 Å². The third-order valence-electron chi connectivity index (χ3n) is 3.39.